The summed E-state index contributed by atoms with van der Waals surface area (Å²) in [4.78, 5) is 13.1. The first kappa shape index (κ1) is 17.5. The van der Waals surface area contributed by atoms with Gasteiger partial charge in [0.1, 0.15) is 11.6 Å². The van der Waals surface area contributed by atoms with E-state index in [0.29, 0.717) is 12.0 Å². The van der Waals surface area contributed by atoms with E-state index < -0.39 is 5.97 Å². The van der Waals surface area contributed by atoms with Gasteiger partial charge in [0, 0.05) is 18.4 Å². The number of ether oxygens (including phenoxy) is 3. The van der Waals surface area contributed by atoms with Crippen molar-refractivity contribution < 1.29 is 34.1 Å². The maximum absolute atomic E-state index is 11.8. The second-order valence-corrected chi connectivity index (χ2v) is 6.96. The molecule has 0 saturated heterocycles. The Morgan fingerprint density at radius 3 is 2.74 bits per heavy atom. The Kier molecular flexibility index (Phi) is 4.31. The second-order valence-electron chi connectivity index (χ2n) is 6.96. The van der Waals surface area contributed by atoms with Crippen LogP contribution < -0.4 is 19.1 Å². The van der Waals surface area contributed by atoms with Crippen molar-refractivity contribution in [1.82, 2.24) is 0 Å². The summed E-state index contributed by atoms with van der Waals surface area (Å²) in [7, 11) is 3.50. The van der Waals surface area contributed by atoms with Crippen LogP contribution in [0.1, 0.15) is 33.1 Å². The first-order chi connectivity index (χ1) is 13.0. The maximum atomic E-state index is 11.8. The minimum Gasteiger partial charge on any atom is -0.504 e. The number of hydrogen-bond acceptors (Lipinski definition) is 5. The predicted molar refractivity (Wildman–Crippen MR) is 96.1 cm³/mol. The van der Waals surface area contributed by atoms with Gasteiger partial charge in [-0.05, 0) is 29.3 Å². The average molecular weight is 372 g/mol. The van der Waals surface area contributed by atoms with E-state index in [0.717, 1.165) is 30.0 Å². The smallest absolute Gasteiger partial charge is 0.339 e. The lowest BCUT2D eigenvalue weighted by Gasteiger charge is -2.32. The van der Waals surface area contributed by atoms with Gasteiger partial charge in [-0.2, -0.15) is 0 Å². The van der Waals surface area contributed by atoms with Gasteiger partial charge in [-0.15, -0.1) is 0 Å². The number of fused-ring (bicyclic) bond motifs is 2. The Bertz CT molecular complexity index is 910. The molecule has 0 aliphatic carbocycles. The Morgan fingerprint density at radius 1 is 1.30 bits per heavy atom. The van der Waals surface area contributed by atoms with Crippen molar-refractivity contribution in [2.45, 2.75) is 18.9 Å². The van der Waals surface area contributed by atoms with E-state index >= 15 is 0 Å². The topological polar surface area (TPSA) is 89.7 Å². The van der Waals surface area contributed by atoms with Crippen LogP contribution in [0.3, 0.4) is 0 Å². The minimum atomic E-state index is -1.17. The molecular weight excluding hydrogens is 350 g/mol. The Balaban J connectivity index is 1.76. The zero-order valence-electron chi connectivity index (χ0n) is 15.2. The molecule has 2 atom stereocenters. The van der Waals surface area contributed by atoms with Gasteiger partial charge in [0.25, 0.3) is 0 Å². The summed E-state index contributed by atoms with van der Waals surface area (Å²) < 4.78 is 16.1. The summed E-state index contributed by atoms with van der Waals surface area (Å²) in [6, 6.07) is 7.41. The number of rotatable bonds is 4. The molecule has 2 aromatic rings. The molecule has 27 heavy (non-hydrogen) atoms. The number of carboxylic acids is 1. The number of nitrogens with one attached hydrogen (secondary N) is 1. The first-order valence-electron chi connectivity index (χ1n) is 8.86. The molecule has 0 aromatic heterocycles. The number of aromatic carboxylic acids is 1. The highest BCUT2D eigenvalue weighted by atomic mass is 16.7. The van der Waals surface area contributed by atoms with Crippen molar-refractivity contribution in [3.63, 3.8) is 0 Å². The summed E-state index contributed by atoms with van der Waals surface area (Å²) >= 11 is 0. The quantitative estimate of drug-likeness (QED) is 0.747. The third-order valence-electron chi connectivity index (χ3n) is 5.48. The molecule has 142 valence electrons. The average Bonchev–Trinajstić information content (AvgIpc) is 3.10. The van der Waals surface area contributed by atoms with Crippen LogP contribution in [0.5, 0.6) is 23.0 Å². The fourth-order valence-electron chi connectivity index (χ4n) is 4.00. The molecule has 2 aliphatic rings. The Labute approximate surface area is 156 Å². The predicted octanol–water partition coefficient (Wildman–Crippen LogP) is 1.18. The van der Waals surface area contributed by atoms with Crippen LogP contribution in [0.4, 0.5) is 0 Å². The van der Waals surface area contributed by atoms with Crippen molar-refractivity contribution in [3.05, 3.63) is 46.5 Å². The van der Waals surface area contributed by atoms with Crippen LogP contribution in [0.2, 0.25) is 0 Å². The molecule has 2 heterocycles. The highest BCUT2D eigenvalue weighted by Crippen LogP contribution is 2.39. The first-order valence-corrected chi connectivity index (χ1v) is 8.86. The molecule has 0 saturated carbocycles. The van der Waals surface area contributed by atoms with Crippen LogP contribution in [-0.4, -0.2) is 43.7 Å². The third-order valence-corrected chi connectivity index (χ3v) is 5.48. The van der Waals surface area contributed by atoms with Crippen molar-refractivity contribution in [1.29, 1.82) is 0 Å². The highest BCUT2D eigenvalue weighted by Gasteiger charge is 2.33. The molecule has 0 amide bonds. The minimum absolute atomic E-state index is 0.0501. The molecule has 0 radical (unpaired) electrons. The van der Waals surface area contributed by atoms with Gasteiger partial charge in [0.2, 0.25) is 6.79 Å². The van der Waals surface area contributed by atoms with Gasteiger partial charge in [0.05, 0.1) is 20.7 Å². The van der Waals surface area contributed by atoms with Gasteiger partial charge in [-0.3, -0.25) is 0 Å². The van der Waals surface area contributed by atoms with Crippen LogP contribution in [0.15, 0.2) is 24.3 Å². The third kappa shape index (κ3) is 2.94. The van der Waals surface area contributed by atoms with Crippen molar-refractivity contribution in [2.75, 3.05) is 27.5 Å². The fraction of sp³-hybridized carbons (Fsp3) is 0.350. The number of carboxylic acid groups (broad SMARTS) is 1. The van der Waals surface area contributed by atoms with Gasteiger partial charge < -0.3 is 29.3 Å². The summed E-state index contributed by atoms with van der Waals surface area (Å²) in [5.41, 5.74) is 2.81. The van der Waals surface area contributed by atoms with Gasteiger partial charge >= 0.3 is 5.97 Å². The number of phenols is 1. The Morgan fingerprint density at radius 2 is 2.04 bits per heavy atom. The summed E-state index contributed by atoms with van der Waals surface area (Å²) in [6.45, 7) is 1.16. The zero-order chi connectivity index (χ0) is 19.1. The molecule has 2 aliphatic heterocycles. The molecule has 0 spiro atoms. The van der Waals surface area contributed by atoms with E-state index in [-0.39, 0.29) is 29.9 Å². The van der Waals surface area contributed by atoms with E-state index in [2.05, 4.69) is 7.05 Å². The van der Waals surface area contributed by atoms with Crippen molar-refractivity contribution in [3.8, 4) is 23.0 Å². The monoisotopic (exact) mass is 372 g/mol. The highest BCUT2D eigenvalue weighted by molar-refractivity contribution is 5.93. The van der Waals surface area contributed by atoms with Gasteiger partial charge in [0.15, 0.2) is 23.0 Å². The normalized spacial score (nSPS) is 20.2. The molecule has 0 fully saturated rings. The summed E-state index contributed by atoms with van der Waals surface area (Å²) in [5.74, 6) is 0.150. The van der Waals surface area contributed by atoms with Gasteiger partial charge in [-0.25, -0.2) is 4.79 Å². The number of carbonyl (C=O) groups is 1. The Hall–Kier alpha value is -2.93. The van der Waals surface area contributed by atoms with E-state index in [4.69, 9.17) is 14.2 Å². The van der Waals surface area contributed by atoms with Crippen LogP contribution >= 0.6 is 0 Å². The molecule has 2 unspecified atom stereocenters. The fourth-order valence-corrected chi connectivity index (χ4v) is 4.00. The van der Waals surface area contributed by atoms with E-state index in [1.165, 1.54) is 17.6 Å². The zero-order valence-corrected chi connectivity index (χ0v) is 15.2. The van der Waals surface area contributed by atoms with Gasteiger partial charge in [-0.1, -0.05) is 6.07 Å². The molecule has 7 heteroatoms. The molecule has 7 nitrogen and oxygen atoms in total. The molecular formula is C20H22NO6+. The molecule has 4 rings (SSSR count). The number of aromatic hydroxyl groups is 1. The second kappa shape index (κ2) is 6.66. The summed E-state index contributed by atoms with van der Waals surface area (Å²) in [5, 5.41) is 19.9. The van der Waals surface area contributed by atoms with Crippen LogP contribution in [0.25, 0.3) is 0 Å². The number of hydrogen-bond donors (Lipinski definition) is 3. The van der Waals surface area contributed by atoms with Crippen molar-refractivity contribution in [2.24, 2.45) is 0 Å². The van der Waals surface area contributed by atoms with E-state index in [1.807, 2.05) is 12.1 Å². The number of benzene rings is 2. The maximum Gasteiger partial charge on any atom is 0.339 e. The van der Waals surface area contributed by atoms with Crippen LogP contribution in [0, 0.1) is 0 Å². The SMILES string of the molecule is COc1ccc(CC2c3cc4c(cc3CC[NH+]2C)OCO4)c(C(=O)O)c1O. The molecule has 2 aromatic carbocycles. The molecule has 3 N–H and O–H groups in total. The lowest BCUT2D eigenvalue weighted by atomic mass is 9.87. The summed E-state index contributed by atoms with van der Waals surface area (Å²) in [6.07, 6.45) is 1.41. The number of likely N-dealkylation sites (N-methyl/N-ethyl adjacent to an activating group) is 1. The van der Waals surface area contributed by atoms with Crippen molar-refractivity contribution >= 4 is 5.97 Å². The lowest BCUT2D eigenvalue weighted by molar-refractivity contribution is -0.914. The lowest BCUT2D eigenvalue weighted by Crippen LogP contribution is -3.10. The number of methoxy groups -OCH3 is 1. The van der Waals surface area contributed by atoms with E-state index in [9.17, 15) is 15.0 Å². The van der Waals surface area contributed by atoms with E-state index in [1.54, 1.807) is 12.1 Å². The standard InChI is InChI=1S/C20H21NO6/c1-21-6-5-11-8-16-17(27-10-26-16)9-13(11)14(21)7-12-3-4-15(25-2)19(22)18(12)20(23)24/h3-4,8-9,14,22H,5-7,10H2,1-2H3,(H,23,24)/p+1. The molecule has 0 bridgehead atoms. The van der Waals surface area contributed by atoms with Crippen LogP contribution in [-0.2, 0) is 12.8 Å². The largest absolute Gasteiger partial charge is 0.504 e. The number of quaternary nitrogens is 1.